The van der Waals surface area contributed by atoms with Crippen molar-refractivity contribution in [1.82, 2.24) is 15.0 Å². The first kappa shape index (κ1) is 19.2. The summed E-state index contributed by atoms with van der Waals surface area (Å²) in [6.07, 6.45) is 3.92. The van der Waals surface area contributed by atoms with E-state index in [9.17, 15) is 9.59 Å². The Kier molecular flexibility index (Phi) is 5.27. The predicted octanol–water partition coefficient (Wildman–Crippen LogP) is 3.54. The zero-order chi connectivity index (χ0) is 19.7. The van der Waals surface area contributed by atoms with Gasteiger partial charge in [-0.15, -0.1) is 0 Å². The van der Waals surface area contributed by atoms with Crippen LogP contribution in [0.25, 0.3) is 0 Å². The number of amides is 2. The maximum Gasteiger partial charge on any atom is 0.292 e. The minimum absolute atomic E-state index is 0.157. The van der Waals surface area contributed by atoms with Crippen LogP contribution in [-0.4, -0.2) is 52.9 Å². The molecule has 2 heterocycles. The van der Waals surface area contributed by atoms with E-state index in [2.05, 4.69) is 33.2 Å². The summed E-state index contributed by atoms with van der Waals surface area (Å²) >= 11 is 3.54. The molecule has 0 radical (unpaired) electrons. The monoisotopic (exact) mass is 445 g/mol. The van der Waals surface area contributed by atoms with Gasteiger partial charge in [-0.05, 0) is 37.5 Å². The Morgan fingerprint density at radius 2 is 1.75 bits per heavy atom. The van der Waals surface area contributed by atoms with E-state index < -0.39 is 5.41 Å². The molecule has 6 nitrogen and oxygen atoms in total. The van der Waals surface area contributed by atoms with Crippen LogP contribution in [0, 0.1) is 6.92 Å². The summed E-state index contributed by atoms with van der Waals surface area (Å²) in [6.45, 7) is 3.92. The Balaban J connectivity index is 1.47. The van der Waals surface area contributed by atoms with Crippen LogP contribution in [0.2, 0.25) is 0 Å². The highest BCUT2D eigenvalue weighted by Gasteiger charge is 2.45. The molecule has 1 aromatic carbocycles. The van der Waals surface area contributed by atoms with Gasteiger partial charge in [-0.25, -0.2) is 0 Å². The summed E-state index contributed by atoms with van der Waals surface area (Å²) in [5, 5.41) is 3.79. The molecule has 0 spiro atoms. The maximum absolute atomic E-state index is 13.6. The molecular formula is C21H24BrN3O3. The van der Waals surface area contributed by atoms with Gasteiger partial charge in [0, 0.05) is 36.7 Å². The molecule has 7 heteroatoms. The zero-order valence-electron chi connectivity index (χ0n) is 16.0. The van der Waals surface area contributed by atoms with E-state index in [-0.39, 0.29) is 17.6 Å². The fourth-order valence-electron chi connectivity index (χ4n) is 4.43. The molecule has 0 unspecified atom stereocenters. The van der Waals surface area contributed by atoms with Gasteiger partial charge in [-0.3, -0.25) is 9.59 Å². The number of carbonyl (C=O) groups is 2. The van der Waals surface area contributed by atoms with Crippen LogP contribution in [0.3, 0.4) is 0 Å². The normalized spacial score (nSPS) is 19.1. The second-order valence-electron chi connectivity index (χ2n) is 7.72. The third kappa shape index (κ3) is 3.48. The van der Waals surface area contributed by atoms with E-state index in [4.69, 9.17) is 4.52 Å². The molecule has 4 rings (SSSR count). The van der Waals surface area contributed by atoms with Crippen molar-refractivity contribution in [1.29, 1.82) is 0 Å². The van der Waals surface area contributed by atoms with Crippen molar-refractivity contribution < 1.29 is 14.1 Å². The summed E-state index contributed by atoms with van der Waals surface area (Å²) < 4.78 is 6.10. The highest BCUT2D eigenvalue weighted by atomic mass is 79.9. The van der Waals surface area contributed by atoms with Crippen LogP contribution in [0.5, 0.6) is 0 Å². The van der Waals surface area contributed by atoms with Crippen molar-refractivity contribution in [3.63, 3.8) is 0 Å². The zero-order valence-corrected chi connectivity index (χ0v) is 17.6. The number of aryl methyl sites for hydroxylation is 1. The molecule has 1 aliphatic carbocycles. The second kappa shape index (κ2) is 7.70. The molecule has 2 fully saturated rings. The highest BCUT2D eigenvalue weighted by Crippen LogP contribution is 2.43. The summed E-state index contributed by atoms with van der Waals surface area (Å²) in [5.41, 5.74) is 1.35. The molecule has 2 amide bonds. The molecule has 0 atom stereocenters. The summed E-state index contributed by atoms with van der Waals surface area (Å²) in [7, 11) is 0. The second-order valence-corrected chi connectivity index (χ2v) is 8.63. The van der Waals surface area contributed by atoms with E-state index in [0.29, 0.717) is 31.9 Å². The van der Waals surface area contributed by atoms with E-state index >= 15 is 0 Å². The standard InChI is InChI=1S/C21H24BrN3O3/c1-15-13-18(28-23-15)19(26)24-9-11-25(12-10-24)20(27)21(7-2-3-8-21)16-5-4-6-17(22)14-16/h4-6,13-14H,2-3,7-12H2,1H3. The summed E-state index contributed by atoms with van der Waals surface area (Å²) in [4.78, 5) is 29.8. The van der Waals surface area contributed by atoms with Crippen LogP contribution >= 0.6 is 15.9 Å². The smallest absolute Gasteiger partial charge is 0.292 e. The molecule has 28 heavy (non-hydrogen) atoms. The Hall–Kier alpha value is -2.15. The summed E-state index contributed by atoms with van der Waals surface area (Å²) in [5.74, 6) is 0.305. The van der Waals surface area contributed by atoms with E-state index in [1.807, 2.05) is 17.0 Å². The number of carbonyl (C=O) groups excluding carboxylic acids is 2. The van der Waals surface area contributed by atoms with Crippen molar-refractivity contribution >= 4 is 27.7 Å². The van der Waals surface area contributed by atoms with Crippen molar-refractivity contribution in [3.05, 3.63) is 51.8 Å². The quantitative estimate of drug-likeness (QED) is 0.724. The summed E-state index contributed by atoms with van der Waals surface area (Å²) in [6, 6.07) is 9.80. The van der Waals surface area contributed by atoms with Crippen molar-refractivity contribution in [2.24, 2.45) is 0 Å². The molecule has 1 saturated carbocycles. The number of hydrogen-bond acceptors (Lipinski definition) is 4. The van der Waals surface area contributed by atoms with E-state index in [1.165, 1.54) is 0 Å². The lowest BCUT2D eigenvalue weighted by atomic mass is 9.77. The van der Waals surface area contributed by atoms with Crippen LogP contribution in [-0.2, 0) is 10.2 Å². The molecule has 0 bridgehead atoms. The Labute approximate surface area is 173 Å². The van der Waals surface area contributed by atoms with Crippen molar-refractivity contribution in [2.45, 2.75) is 38.0 Å². The van der Waals surface area contributed by atoms with Gasteiger partial charge in [-0.1, -0.05) is 46.1 Å². The molecule has 2 aliphatic rings. The number of rotatable bonds is 3. The first-order chi connectivity index (χ1) is 13.5. The van der Waals surface area contributed by atoms with Gasteiger partial charge in [0.15, 0.2) is 0 Å². The van der Waals surface area contributed by atoms with Gasteiger partial charge >= 0.3 is 0 Å². The Bertz CT molecular complexity index is 881. The van der Waals surface area contributed by atoms with Crippen molar-refractivity contribution in [3.8, 4) is 0 Å². The fourth-order valence-corrected chi connectivity index (χ4v) is 4.83. The van der Waals surface area contributed by atoms with Gasteiger partial charge in [0.05, 0.1) is 11.1 Å². The van der Waals surface area contributed by atoms with Gasteiger partial charge in [-0.2, -0.15) is 0 Å². The predicted molar refractivity (Wildman–Crippen MR) is 108 cm³/mol. The molecular weight excluding hydrogens is 422 g/mol. The maximum atomic E-state index is 13.6. The SMILES string of the molecule is Cc1cc(C(=O)N2CCN(C(=O)C3(c4cccc(Br)c4)CCCC3)CC2)on1. The van der Waals surface area contributed by atoms with E-state index in [1.54, 1.807) is 17.9 Å². The lowest BCUT2D eigenvalue weighted by Gasteiger charge is -2.40. The van der Waals surface area contributed by atoms with Gasteiger partial charge in [0.2, 0.25) is 11.7 Å². The molecule has 2 aromatic rings. The van der Waals surface area contributed by atoms with Crippen LogP contribution in [0.4, 0.5) is 0 Å². The van der Waals surface area contributed by atoms with Crippen LogP contribution < -0.4 is 0 Å². The Morgan fingerprint density at radius 3 is 2.36 bits per heavy atom. The molecule has 1 aromatic heterocycles. The number of aromatic nitrogens is 1. The number of piperazine rings is 1. The molecule has 148 valence electrons. The third-order valence-corrected chi connectivity index (χ3v) is 6.43. The molecule has 1 aliphatic heterocycles. The lowest BCUT2D eigenvalue weighted by molar-refractivity contribution is -0.138. The number of nitrogens with zero attached hydrogens (tertiary/aromatic N) is 3. The van der Waals surface area contributed by atoms with Gasteiger partial charge in [0.25, 0.3) is 5.91 Å². The first-order valence-electron chi connectivity index (χ1n) is 9.78. The third-order valence-electron chi connectivity index (χ3n) is 5.94. The van der Waals surface area contributed by atoms with Crippen molar-refractivity contribution in [2.75, 3.05) is 26.2 Å². The lowest BCUT2D eigenvalue weighted by Crippen LogP contribution is -2.55. The average molecular weight is 446 g/mol. The fraction of sp³-hybridized carbons (Fsp3) is 0.476. The van der Waals surface area contributed by atoms with Gasteiger partial charge < -0.3 is 14.3 Å². The largest absolute Gasteiger partial charge is 0.351 e. The Morgan fingerprint density at radius 1 is 1.07 bits per heavy atom. The minimum Gasteiger partial charge on any atom is -0.351 e. The topological polar surface area (TPSA) is 66.7 Å². The first-order valence-corrected chi connectivity index (χ1v) is 10.6. The van der Waals surface area contributed by atoms with Gasteiger partial charge in [0.1, 0.15) is 0 Å². The molecule has 0 N–H and O–H groups in total. The van der Waals surface area contributed by atoms with E-state index in [0.717, 1.165) is 35.7 Å². The highest BCUT2D eigenvalue weighted by molar-refractivity contribution is 9.10. The number of halogens is 1. The molecule has 1 saturated heterocycles. The van der Waals surface area contributed by atoms with Crippen LogP contribution in [0.1, 0.15) is 47.5 Å². The van der Waals surface area contributed by atoms with Crippen LogP contribution in [0.15, 0.2) is 39.3 Å². The number of hydrogen-bond donors (Lipinski definition) is 0. The number of benzene rings is 1. The minimum atomic E-state index is -0.433. The average Bonchev–Trinajstić information content (AvgIpc) is 3.37.